The summed E-state index contributed by atoms with van der Waals surface area (Å²) in [6.45, 7) is 5.44. The number of nitrogens with zero attached hydrogens (tertiary/aromatic N) is 2. The third-order valence-electron chi connectivity index (χ3n) is 3.51. The summed E-state index contributed by atoms with van der Waals surface area (Å²) in [4.78, 5) is 4.45. The monoisotopic (exact) mass is 252 g/mol. The van der Waals surface area contributed by atoms with Gasteiger partial charge in [-0.2, -0.15) is 0 Å². The van der Waals surface area contributed by atoms with Gasteiger partial charge in [-0.05, 0) is 39.1 Å². The Morgan fingerprint density at radius 3 is 2.72 bits per heavy atom. The van der Waals surface area contributed by atoms with Gasteiger partial charge in [0.25, 0.3) is 0 Å². The van der Waals surface area contributed by atoms with Crippen molar-refractivity contribution in [3.8, 4) is 0 Å². The highest BCUT2D eigenvalue weighted by Gasteiger charge is 2.20. The highest BCUT2D eigenvalue weighted by molar-refractivity contribution is 5.55. The molecule has 1 N–H and O–H groups in total. The zero-order valence-electron chi connectivity index (χ0n) is 11.1. The first kappa shape index (κ1) is 13.3. The maximum absolute atomic E-state index is 13.8. The fourth-order valence-corrected chi connectivity index (χ4v) is 2.50. The van der Waals surface area contributed by atoms with Crippen LogP contribution >= 0.6 is 0 Å². The molecule has 1 saturated heterocycles. The van der Waals surface area contributed by atoms with Crippen LogP contribution in [0.4, 0.5) is 10.1 Å². The minimum atomic E-state index is -0.776. The van der Waals surface area contributed by atoms with E-state index in [4.69, 9.17) is 0 Å². The van der Waals surface area contributed by atoms with Crippen LogP contribution in [0.5, 0.6) is 0 Å². The van der Waals surface area contributed by atoms with E-state index in [-0.39, 0.29) is 5.82 Å². The average molecular weight is 252 g/mol. The van der Waals surface area contributed by atoms with E-state index in [9.17, 15) is 9.50 Å². The lowest BCUT2D eigenvalue weighted by Gasteiger charge is -2.26. The number of aliphatic hydroxyl groups is 1. The van der Waals surface area contributed by atoms with Crippen molar-refractivity contribution in [2.45, 2.75) is 19.4 Å². The molecule has 1 aromatic carbocycles. The smallest absolute Gasteiger partial charge is 0.131 e. The van der Waals surface area contributed by atoms with Crippen molar-refractivity contribution in [2.75, 3.05) is 38.1 Å². The summed E-state index contributed by atoms with van der Waals surface area (Å²) in [6.07, 6.45) is 0.286. The fraction of sp³-hybridized carbons (Fsp3) is 0.571. The molecule has 1 aliphatic heterocycles. The zero-order valence-corrected chi connectivity index (χ0v) is 11.1. The van der Waals surface area contributed by atoms with Crippen LogP contribution in [-0.4, -0.2) is 43.2 Å². The SMILES string of the molecule is C[C@@H](O)c1c(F)cccc1N1CCCN(C)CC1. The van der Waals surface area contributed by atoms with Gasteiger partial charge in [0.15, 0.2) is 0 Å². The summed E-state index contributed by atoms with van der Waals surface area (Å²) in [5.41, 5.74) is 1.25. The topological polar surface area (TPSA) is 26.7 Å². The second-order valence-corrected chi connectivity index (χ2v) is 4.99. The van der Waals surface area contributed by atoms with Crippen molar-refractivity contribution in [1.29, 1.82) is 0 Å². The lowest BCUT2D eigenvalue weighted by atomic mass is 10.1. The number of aliphatic hydroxyl groups excluding tert-OH is 1. The summed E-state index contributed by atoms with van der Waals surface area (Å²) in [6, 6.07) is 5.02. The van der Waals surface area contributed by atoms with Crippen LogP contribution in [0.25, 0.3) is 0 Å². The van der Waals surface area contributed by atoms with E-state index >= 15 is 0 Å². The van der Waals surface area contributed by atoms with Crippen LogP contribution in [0.3, 0.4) is 0 Å². The van der Waals surface area contributed by atoms with Crippen LogP contribution in [-0.2, 0) is 0 Å². The van der Waals surface area contributed by atoms with Gasteiger partial charge in [0.2, 0.25) is 0 Å². The summed E-state index contributed by atoms with van der Waals surface area (Å²) in [5.74, 6) is -0.319. The Kier molecular flexibility index (Phi) is 4.19. The number of anilines is 1. The molecule has 4 heteroatoms. The summed E-state index contributed by atoms with van der Waals surface area (Å²) < 4.78 is 13.8. The first-order valence-corrected chi connectivity index (χ1v) is 6.49. The number of benzene rings is 1. The van der Waals surface area contributed by atoms with E-state index in [0.29, 0.717) is 5.56 Å². The van der Waals surface area contributed by atoms with Gasteiger partial charge >= 0.3 is 0 Å². The Balaban J connectivity index is 2.29. The maximum atomic E-state index is 13.8. The second-order valence-electron chi connectivity index (χ2n) is 4.99. The summed E-state index contributed by atoms with van der Waals surface area (Å²) in [5, 5.41) is 9.76. The fourth-order valence-electron chi connectivity index (χ4n) is 2.50. The molecule has 3 nitrogen and oxygen atoms in total. The van der Waals surface area contributed by atoms with Crippen molar-refractivity contribution in [1.82, 2.24) is 4.90 Å². The maximum Gasteiger partial charge on any atom is 0.131 e. The molecule has 0 saturated carbocycles. The molecule has 0 radical (unpaired) electrons. The molecule has 0 bridgehead atoms. The standard InChI is InChI=1S/C14H21FN2O/c1-11(18)14-12(15)5-3-6-13(14)17-8-4-7-16(2)9-10-17/h3,5-6,11,18H,4,7-10H2,1-2H3/t11-/m1/s1. The predicted molar refractivity (Wildman–Crippen MR) is 71.4 cm³/mol. The van der Waals surface area contributed by atoms with Crippen molar-refractivity contribution in [3.63, 3.8) is 0 Å². The molecule has 1 fully saturated rings. The van der Waals surface area contributed by atoms with Crippen LogP contribution in [0.2, 0.25) is 0 Å². The average Bonchev–Trinajstić information content (AvgIpc) is 2.53. The van der Waals surface area contributed by atoms with E-state index in [1.165, 1.54) is 6.07 Å². The normalized spacial score (nSPS) is 19.7. The lowest BCUT2D eigenvalue weighted by Crippen LogP contribution is -2.29. The van der Waals surface area contributed by atoms with Gasteiger partial charge in [-0.25, -0.2) is 4.39 Å². The van der Waals surface area contributed by atoms with E-state index in [1.54, 1.807) is 13.0 Å². The predicted octanol–water partition coefficient (Wildman–Crippen LogP) is 2.02. The quantitative estimate of drug-likeness (QED) is 0.872. The zero-order chi connectivity index (χ0) is 13.1. The minimum Gasteiger partial charge on any atom is -0.389 e. The van der Waals surface area contributed by atoms with E-state index in [0.717, 1.165) is 38.3 Å². The molecule has 0 aliphatic carbocycles. The van der Waals surface area contributed by atoms with Crippen molar-refractivity contribution < 1.29 is 9.50 Å². The van der Waals surface area contributed by atoms with Gasteiger partial charge in [-0.15, -0.1) is 0 Å². The van der Waals surface area contributed by atoms with E-state index in [1.807, 2.05) is 6.07 Å². The van der Waals surface area contributed by atoms with E-state index < -0.39 is 6.10 Å². The second kappa shape index (κ2) is 5.67. The first-order chi connectivity index (χ1) is 8.59. The Bertz CT molecular complexity index is 409. The van der Waals surface area contributed by atoms with Crippen molar-refractivity contribution >= 4 is 5.69 Å². The molecule has 1 heterocycles. The van der Waals surface area contributed by atoms with Crippen LogP contribution in [0.1, 0.15) is 25.0 Å². The molecule has 0 amide bonds. The van der Waals surface area contributed by atoms with Gasteiger partial charge in [-0.3, -0.25) is 0 Å². The molecule has 18 heavy (non-hydrogen) atoms. The van der Waals surface area contributed by atoms with Gasteiger partial charge in [0, 0.05) is 30.9 Å². The molecule has 0 spiro atoms. The van der Waals surface area contributed by atoms with Gasteiger partial charge in [-0.1, -0.05) is 6.07 Å². The minimum absolute atomic E-state index is 0.319. The van der Waals surface area contributed by atoms with Crippen molar-refractivity contribution in [3.05, 3.63) is 29.6 Å². The van der Waals surface area contributed by atoms with Crippen LogP contribution < -0.4 is 4.90 Å². The molecule has 1 aliphatic rings. The Morgan fingerprint density at radius 1 is 1.22 bits per heavy atom. The molecular weight excluding hydrogens is 231 g/mol. The number of hydrogen-bond acceptors (Lipinski definition) is 3. The first-order valence-electron chi connectivity index (χ1n) is 6.49. The summed E-state index contributed by atoms with van der Waals surface area (Å²) in [7, 11) is 2.10. The van der Waals surface area contributed by atoms with Crippen molar-refractivity contribution in [2.24, 2.45) is 0 Å². The Labute approximate surface area is 108 Å². The number of likely N-dealkylation sites (N-methyl/N-ethyl adjacent to an activating group) is 1. The highest BCUT2D eigenvalue weighted by atomic mass is 19.1. The lowest BCUT2D eigenvalue weighted by molar-refractivity contribution is 0.194. The van der Waals surface area contributed by atoms with Gasteiger partial charge in [0.1, 0.15) is 5.82 Å². The molecule has 1 atom stereocenters. The number of halogens is 1. The third kappa shape index (κ3) is 2.82. The van der Waals surface area contributed by atoms with Crippen LogP contribution in [0.15, 0.2) is 18.2 Å². The molecule has 1 aromatic rings. The highest BCUT2D eigenvalue weighted by Crippen LogP contribution is 2.29. The molecule has 100 valence electrons. The molecular formula is C14H21FN2O. The van der Waals surface area contributed by atoms with Gasteiger partial charge in [0.05, 0.1) is 6.10 Å². The third-order valence-corrected chi connectivity index (χ3v) is 3.51. The number of rotatable bonds is 2. The molecule has 0 unspecified atom stereocenters. The Hall–Kier alpha value is -1.13. The molecule has 0 aromatic heterocycles. The summed E-state index contributed by atoms with van der Waals surface area (Å²) >= 11 is 0. The van der Waals surface area contributed by atoms with Crippen LogP contribution in [0, 0.1) is 5.82 Å². The molecule has 2 rings (SSSR count). The largest absolute Gasteiger partial charge is 0.389 e. The Morgan fingerprint density at radius 2 is 2.00 bits per heavy atom. The van der Waals surface area contributed by atoms with Gasteiger partial charge < -0.3 is 14.9 Å². The number of hydrogen-bond donors (Lipinski definition) is 1. The van der Waals surface area contributed by atoms with E-state index in [2.05, 4.69) is 16.8 Å².